The lowest BCUT2D eigenvalue weighted by Crippen LogP contribution is -2.04. The van der Waals surface area contributed by atoms with Crippen LogP contribution in [0.25, 0.3) is 0 Å². The van der Waals surface area contributed by atoms with Crippen molar-refractivity contribution < 1.29 is 0 Å². The first kappa shape index (κ1) is 8.94. The molecule has 0 amide bonds. The van der Waals surface area contributed by atoms with Crippen molar-refractivity contribution in [2.45, 2.75) is 0 Å². The summed E-state index contributed by atoms with van der Waals surface area (Å²) in [5, 5.41) is 11.3. The molecule has 0 fully saturated rings. The van der Waals surface area contributed by atoms with Crippen molar-refractivity contribution in [2.24, 2.45) is 10.2 Å². The Kier molecular flexibility index (Phi) is 4.28. The Hall–Kier alpha value is -1.06. The molecule has 0 aromatic heterocycles. The van der Waals surface area contributed by atoms with Gasteiger partial charge in [-0.3, -0.25) is 0 Å². The predicted molar refractivity (Wildman–Crippen MR) is 44.4 cm³/mol. The van der Waals surface area contributed by atoms with Crippen LogP contribution in [0.5, 0.6) is 0 Å². The van der Waals surface area contributed by atoms with Crippen LogP contribution in [0, 0.1) is 0 Å². The number of nitrogens with zero attached hydrogens (tertiary/aromatic N) is 4. The quantitative estimate of drug-likeness (QED) is 0.413. The topological polar surface area (TPSA) is 31.2 Å². The Labute approximate surface area is 61.8 Å². The maximum Gasteiger partial charge on any atom is 0.0671 e. The number of hydrogen-bond acceptors (Lipinski definition) is 4. The van der Waals surface area contributed by atoms with Crippen molar-refractivity contribution in [3.05, 3.63) is 0 Å². The fraction of sp³-hybridized carbons (Fsp3) is 0.667. The summed E-state index contributed by atoms with van der Waals surface area (Å²) in [4.78, 5) is 0. The van der Waals surface area contributed by atoms with Crippen LogP contribution < -0.4 is 0 Å². The molecule has 0 aromatic rings. The highest BCUT2D eigenvalue weighted by Crippen LogP contribution is 1.72. The van der Waals surface area contributed by atoms with Crippen LogP contribution in [0.4, 0.5) is 0 Å². The molecule has 0 aliphatic carbocycles. The van der Waals surface area contributed by atoms with Gasteiger partial charge >= 0.3 is 0 Å². The predicted octanol–water partition coefficient (Wildman–Crippen LogP) is 0.0812. The van der Waals surface area contributed by atoms with E-state index in [2.05, 4.69) is 10.2 Å². The van der Waals surface area contributed by atoms with Gasteiger partial charge in [0.15, 0.2) is 0 Å². The van der Waals surface area contributed by atoms with Crippen molar-refractivity contribution >= 4 is 12.4 Å². The van der Waals surface area contributed by atoms with Crippen molar-refractivity contribution in [3.63, 3.8) is 0 Å². The van der Waals surface area contributed by atoms with Gasteiger partial charge in [0.05, 0.1) is 12.4 Å². The lowest BCUT2D eigenvalue weighted by Gasteiger charge is -2.01. The van der Waals surface area contributed by atoms with Gasteiger partial charge in [-0.15, -0.1) is 0 Å². The van der Waals surface area contributed by atoms with E-state index in [4.69, 9.17) is 0 Å². The van der Waals surface area contributed by atoms with Gasteiger partial charge < -0.3 is 10.0 Å². The van der Waals surface area contributed by atoms with Crippen LogP contribution in [0.1, 0.15) is 0 Å². The van der Waals surface area contributed by atoms with Gasteiger partial charge in [-0.2, -0.15) is 10.2 Å². The number of hydrazone groups is 2. The van der Waals surface area contributed by atoms with Crippen LogP contribution in [-0.2, 0) is 0 Å². The third-order valence-electron chi connectivity index (χ3n) is 0.662. The van der Waals surface area contributed by atoms with E-state index in [1.54, 1.807) is 22.4 Å². The second kappa shape index (κ2) is 4.78. The summed E-state index contributed by atoms with van der Waals surface area (Å²) in [6.45, 7) is 0. The average Bonchev–Trinajstić information content (AvgIpc) is 1.79. The number of hydrogen-bond donors (Lipinski definition) is 0. The molecule has 0 bridgehead atoms. The molecule has 4 nitrogen and oxygen atoms in total. The molecule has 0 unspecified atom stereocenters. The molecule has 0 saturated heterocycles. The summed E-state index contributed by atoms with van der Waals surface area (Å²) in [6.07, 6.45) is 3.28. The summed E-state index contributed by atoms with van der Waals surface area (Å²) in [7, 11) is 7.44. The largest absolute Gasteiger partial charge is 0.303 e. The third-order valence-corrected chi connectivity index (χ3v) is 0.662. The molecule has 0 aliphatic rings. The summed E-state index contributed by atoms with van der Waals surface area (Å²) in [5.74, 6) is 0. The van der Waals surface area contributed by atoms with Crippen molar-refractivity contribution in [2.75, 3.05) is 28.2 Å². The molecule has 0 aromatic carbocycles. The lowest BCUT2D eigenvalue weighted by atomic mass is 10.8. The van der Waals surface area contributed by atoms with E-state index in [0.29, 0.717) is 0 Å². The van der Waals surface area contributed by atoms with Crippen LogP contribution >= 0.6 is 0 Å². The molecule has 0 saturated carbocycles. The summed E-state index contributed by atoms with van der Waals surface area (Å²) in [6, 6.07) is 0. The Morgan fingerprint density at radius 3 is 1.30 bits per heavy atom. The smallest absolute Gasteiger partial charge is 0.0671 e. The van der Waals surface area contributed by atoms with Crippen molar-refractivity contribution in [1.82, 2.24) is 10.0 Å². The molecule has 0 rings (SSSR count). The van der Waals surface area contributed by atoms with Crippen LogP contribution in [-0.4, -0.2) is 50.6 Å². The van der Waals surface area contributed by atoms with E-state index in [-0.39, 0.29) is 0 Å². The molecule has 0 heterocycles. The second-order valence-corrected chi connectivity index (χ2v) is 2.22. The fourth-order valence-corrected chi connectivity index (χ4v) is 0.326. The normalized spacial score (nSPS) is 11.2. The van der Waals surface area contributed by atoms with E-state index < -0.39 is 0 Å². The Balaban J connectivity index is 3.52. The molecule has 0 atom stereocenters. The van der Waals surface area contributed by atoms with E-state index in [1.807, 2.05) is 28.2 Å². The summed E-state index contributed by atoms with van der Waals surface area (Å²) < 4.78 is 0. The lowest BCUT2D eigenvalue weighted by molar-refractivity contribution is 0.437. The van der Waals surface area contributed by atoms with E-state index in [1.165, 1.54) is 0 Å². The molecule has 0 spiro atoms. The minimum atomic E-state index is 1.64. The zero-order valence-corrected chi connectivity index (χ0v) is 6.94. The van der Waals surface area contributed by atoms with Crippen molar-refractivity contribution in [1.29, 1.82) is 0 Å². The first-order valence-corrected chi connectivity index (χ1v) is 3.04. The van der Waals surface area contributed by atoms with Crippen LogP contribution in [0.15, 0.2) is 10.2 Å². The monoisotopic (exact) mass is 142 g/mol. The van der Waals surface area contributed by atoms with Gasteiger partial charge in [-0.05, 0) is 0 Å². The minimum Gasteiger partial charge on any atom is -0.303 e. The van der Waals surface area contributed by atoms with Gasteiger partial charge in [0.25, 0.3) is 0 Å². The van der Waals surface area contributed by atoms with Gasteiger partial charge in [-0.25, -0.2) is 0 Å². The molecule has 0 aliphatic heterocycles. The maximum atomic E-state index is 3.93. The first-order valence-electron chi connectivity index (χ1n) is 3.04. The molecule has 58 valence electrons. The van der Waals surface area contributed by atoms with E-state index >= 15 is 0 Å². The molecule has 0 radical (unpaired) electrons. The van der Waals surface area contributed by atoms with Crippen LogP contribution in [0.2, 0.25) is 0 Å². The average molecular weight is 142 g/mol. The minimum absolute atomic E-state index is 1.64. The van der Waals surface area contributed by atoms with Gasteiger partial charge in [-0.1, -0.05) is 0 Å². The highest BCUT2D eigenvalue weighted by atomic mass is 15.4. The molecule has 4 heteroatoms. The molecular formula is C6H14N4. The zero-order chi connectivity index (χ0) is 7.98. The van der Waals surface area contributed by atoms with Gasteiger partial charge in [0.1, 0.15) is 0 Å². The standard InChI is InChI=1S/C6H14N4/c1-9(2)7-5-6-8-10(3)4/h5-6H,1-4H3/b7-5-,8-6-. The van der Waals surface area contributed by atoms with E-state index in [9.17, 15) is 0 Å². The number of rotatable bonds is 3. The van der Waals surface area contributed by atoms with E-state index in [0.717, 1.165) is 0 Å². The molecule has 10 heavy (non-hydrogen) atoms. The second-order valence-electron chi connectivity index (χ2n) is 2.22. The Morgan fingerprint density at radius 1 is 0.800 bits per heavy atom. The molecular weight excluding hydrogens is 128 g/mol. The third kappa shape index (κ3) is 6.94. The zero-order valence-electron chi connectivity index (χ0n) is 6.94. The Bertz CT molecular complexity index is 110. The highest BCUT2D eigenvalue weighted by Gasteiger charge is 1.74. The van der Waals surface area contributed by atoms with Crippen molar-refractivity contribution in [3.8, 4) is 0 Å². The fourth-order valence-electron chi connectivity index (χ4n) is 0.326. The van der Waals surface area contributed by atoms with Gasteiger partial charge in [0.2, 0.25) is 0 Å². The maximum absolute atomic E-state index is 3.93. The summed E-state index contributed by atoms with van der Waals surface area (Å²) in [5.41, 5.74) is 0. The van der Waals surface area contributed by atoms with Crippen LogP contribution in [0.3, 0.4) is 0 Å². The van der Waals surface area contributed by atoms with Gasteiger partial charge in [0, 0.05) is 28.2 Å². The summed E-state index contributed by atoms with van der Waals surface area (Å²) >= 11 is 0. The molecule has 0 N–H and O–H groups in total. The highest BCUT2D eigenvalue weighted by molar-refractivity contribution is 6.15. The Morgan fingerprint density at radius 2 is 1.10 bits per heavy atom. The SMILES string of the molecule is CN(C)/N=C\C=N/N(C)C. The first-order chi connectivity index (χ1) is 4.63.